The summed E-state index contributed by atoms with van der Waals surface area (Å²) in [5.74, 6) is -2.41. The molecule has 146 valence electrons. The van der Waals surface area contributed by atoms with Gasteiger partial charge in [0.05, 0.1) is 29.0 Å². The van der Waals surface area contributed by atoms with Gasteiger partial charge in [0.15, 0.2) is 0 Å². The summed E-state index contributed by atoms with van der Waals surface area (Å²) in [6.45, 7) is -0.121. The molecule has 2 aromatic carbocycles. The number of halogens is 3. The number of carbonyl (C=O) groups excluding carboxylic acids is 1. The molecule has 1 heterocycles. The Bertz CT molecular complexity index is 1120. The second-order valence-electron chi connectivity index (χ2n) is 5.62. The van der Waals surface area contributed by atoms with E-state index in [9.17, 15) is 22.0 Å². The van der Waals surface area contributed by atoms with Gasteiger partial charge in [0.2, 0.25) is 10.0 Å². The molecule has 0 aliphatic rings. The molecule has 0 unspecified atom stereocenters. The highest BCUT2D eigenvalue weighted by atomic mass is 35.5. The standard InChI is InChI=1S/C18H13ClF2N2O4S/c19-11-3-6-17(16(21)8-11)23-18(24)14-9-13(4-5-15(14)20)28(25,26)22-10-12-2-1-7-27-12/h1-9,22H,10H2,(H,23,24). The Morgan fingerprint density at radius 3 is 2.54 bits per heavy atom. The van der Waals surface area contributed by atoms with Gasteiger partial charge in [0, 0.05) is 5.02 Å². The lowest BCUT2D eigenvalue weighted by atomic mass is 10.2. The van der Waals surface area contributed by atoms with E-state index in [1.54, 1.807) is 12.1 Å². The predicted molar refractivity (Wildman–Crippen MR) is 98.5 cm³/mol. The van der Waals surface area contributed by atoms with Crippen LogP contribution in [0.15, 0.2) is 64.1 Å². The SMILES string of the molecule is O=C(Nc1ccc(Cl)cc1F)c1cc(S(=O)(=O)NCc2ccco2)ccc1F. The van der Waals surface area contributed by atoms with Crippen molar-refractivity contribution in [3.05, 3.63) is 82.8 Å². The van der Waals surface area contributed by atoms with E-state index in [0.717, 1.165) is 24.3 Å². The van der Waals surface area contributed by atoms with Crippen molar-refractivity contribution in [1.29, 1.82) is 0 Å². The van der Waals surface area contributed by atoms with Crippen LogP contribution >= 0.6 is 11.6 Å². The average Bonchev–Trinajstić information content (AvgIpc) is 3.16. The maximum absolute atomic E-state index is 14.1. The van der Waals surface area contributed by atoms with E-state index in [4.69, 9.17) is 16.0 Å². The van der Waals surface area contributed by atoms with Crippen molar-refractivity contribution in [3.8, 4) is 0 Å². The van der Waals surface area contributed by atoms with Crippen molar-refractivity contribution in [2.24, 2.45) is 0 Å². The monoisotopic (exact) mass is 426 g/mol. The normalized spacial score (nSPS) is 11.4. The summed E-state index contributed by atoms with van der Waals surface area (Å²) in [4.78, 5) is 12.0. The zero-order chi connectivity index (χ0) is 20.3. The first kappa shape index (κ1) is 20.0. The number of rotatable bonds is 6. The van der Waals surface area contributed by atoms with Gasteiger partial charge in [-0.25, -0.2) is 21.9 Å². The smallest absolute Gasteiger partial charge is 0.258 e. The second kappa shape index (κ2) is 8.09. The van der Waals surface area contributed by atoms with Gasteiger partial charge in [-0.15, -0.1) is 0 Å². The number of sulfonamides is 1. The zero-order valence-corrected chi connectivity index (χ0v) is 15.7. The lowest BCUT2D eigenvalue weighted by Crippen LogP contribution is -2.24. The molecule has 0 spiro atoms. The summed E-state index contributed by atoms with van der Waals surface area (Å²) in [5.41, 5.74) is -0.784. The largest absolute Gasteiger partial charge is 0.468 e. The van der Waals surface area contributed by atoms with Crippen LogP contribution in [0, 0.1) is 11.6 Å². The summed E-state index contributed by atoms with van der Waals surface area (Å²) in [6, 6.07) is 9.42. The minimum atomic E-state index is -4.04. The molecule has 6 nitrogen and oxygen atoms in total. The topological polar surface area (TPSA) is 88.4 Å². The van der Waals surface area contributed by atoms with Crippen molar-refractivity contribution >= 4 is 33.2 Å². The molecule has 1 aromatic heterocycles. The number of hydrogen-bond acceptors (Lipinski definition) is 4. The Morgan fingerprint density at radius 1 is 1.07 bits per heavy atom. The van der Waals surface area contributed by atoms with Crippen molar-refractivity contribution in [2.75, 3.05) is 5.32 Å². The number of furan rings is 1. The Balaban J connectivity index is 1.83. The fourth-order valence-corrected chi connectivity index (χ4v) is 3.47. The Labute approximate surface area is 164 Å². The highest BCUT2D eigenvalue weighted by Gasteiger charge is 2.20. The maximum atomic E-state index is 14.1. The van der Waals surface area contributed by atoms with Crippen LogP contribution in [0.2, 0.25) is 5.02 Å². The van der Waals surface area contributed by atoms with E-state index in [0.29, 0.717) is 5.76 Å². The van der Waals surface area contributed by atoms with Gasteiger partial charge >= 0.3 is 0 Å². The molecule has 0 bridgehead atoms. The van der Waals surface area contributed by atoms with Gasteiger partial charge in [0.25, 0.3) is 5.91 Å². The first-order valence-electron chi connectivity index (χ1n) is 7.84. The van der Waals surface area contributed by atoms with E-state index in [1.807, 2.05) is 0 Å². The Morgan fingerprint density at radius 2 is 1.86 bits per heavy atom. The highest BCUT2D eigenvalue weighted by Crippen LogP contribution is 2.21. The van der Waals surface area contributed by atoms with E-state index < -0.39 is 33.1 Å². The molecular formula is C18H13ClF2N2O4S. The van der Waals surface area contributed by atoms with Crippen LogP contribution in [-0.4, -0.2) is 14.3 Å². The lowest BCUT2D eigenvalue weighted by molar-refractivity contribution is 0.102. The fourth-order valence-electron chi connectivity index (χ4n) is 2.29. The summed E-state index contributed by atoms with van der Waals surface area (Å²) >= 11 is 5.64. The fraction of sp³-hybridized carbons (Fsp3) is 0.0556. The number of hydrogen-bond donors (Lipinski definition) is 2. The van der Waals surface area contributed by atoms with Crippen molar-refractivity contribution < 1.29 is 26.4 Å². The summed E-state index contributed by atoms with van der Waals surface area (Å²) in [7, 11) is -4.04. The second-order valence-corrected chi connectivity index (χ2v) is 7.83. The molecule has 0 saturated heterocycles. The predicted octanol–water partition coefficient (Wildman–Crippen LogP) is 3.94. The number of carbonyl (C=O) groups is 1. The number of nitrogens with one attached hydrogen (secondary N) is 2. The maximum Gasteiger partial charge on any atom is 0.258 e. The molecule has 0 aliphatic carbocycles. The Hall–Kier alpha value is -2.75. The van der Waals surface area contributed by atoms with Crippen molar-refractivity contribution in [2.45, 2.75) is 11.4 Å². The molecule has 0 atom stereocenters. The molecule has 1 amide bonds. The van der Waals surface area contributed by atoms with Crippen LogP contribution in [0.3, 0.4) is 0 Å². The van der Waals surface area contributed by atoms with Crippen LogP contribution in [0.4, 0.5) is 14.5 Å². The molecule has 0 saturated carbocycles. The third-order valence-corrected chi connectivity index (χ3v) is 5.32. The van der Waals surface area contributed by atoms with E-state index >= 15 is 0 Å². The molecule has 0 radical (unpaired) electrons. The Kier molecular flexibility index (Phi) is 5.78. The molecule has 3 rings (SSSR count). The van der Waals surface area contributed by atoms with Crippen LogP contribution in [0.5, 0.6) is 0 Å². The van der Waals surface area contributed by atoms with Gasteiger partial charge in [-0.3, -0.25) is 4.79 Å². The molecule has 2 N–H and O–H groups in total. The third-order valence-electron chi connectivity index (χ3n) is 3.69. The van der Waals surface area contributed by atoms with Gasteiger partial charge in [0.1, 0.15) is 17.4 Å². The highest BCUT2D eigenvalue weighted by molar-refractivity contribution is 7.89. The van der Waals surface area contributed by atoms with Gasteiger partial charge in [-0.2, -0.15) is 0 Å². The number of anilines is 1. The summed E-state index contributed by atoms with van der Waals surface area (Å²) in [6.07, 6.45) is 1.39. The first-order valence-corrected chi connectivity index (χ1v) is 9.70. The van der Waals surface area contributed by atoms with Gasteiger partial charge in [-0.05, 0) is 48.5 Å². The van der Waals surface area contributed by atoms with Gasteiger partial charge < -0.3 is 9.73 Å². The van der Waals surface area contributed by atoms with Crippen LogP contribution in [-0.2, 0) is 16.6 Å². The van der Waals surface area contributed by atoms with Crippen molar-refractivity contribution in [1.82, 2.24) is 4.72 Å². The number of benzene rings is 2. The molecule has 0 fully saturated rings. The van der Waals surface area contributed by atoms with E-state index in [2.05, 4.69) is 10.0 Å². The summed E-state index contributed by atoms with van der Waals surface area (Å²) in [5, 5.41) is 2.31. The lowest BCUT2D eigenvalue weighted by Gasteiger charge is -2.10. The summed E-state index contributed by atoms with van der Waals surface area (Å²) < 4.78 is 60.0. The zero-order valence-electron chi connectivity index (χ0n) is 14.1. The van der Waals surface area contributed by atoms with Crippen LogP contribution in [0.1, 0.15) is 16.1 Å². The molecule has 3 aromatic rings. The van der Waals surface area contributed by atoms with E-state index in [-0.39, 0.29) is 22.2 Å². The third kappa shape index (κ3) is 4.56. The first-order chi connectivity index (χ1) is 13.3. The van der Waals surface area contributed by atoms with E-state index in [1.165, 1.54) is 18.4 Å². The minimum absolute atomic E-state index is 0.121. The van der Waals surface area contributed by atoms with Crippen LogP contribution < -0.4 is 10.0 Å². The quantitative estimate of drug-likeness (QED) is 0.624. The molecule has 28 heavy (non-hydrogen) atoms. The molecule has 0 aliphatic heterocycles. The molecule has 10 heteroatoms. The van der Waals surface area contributed by atoms with Gasteiger partial charge in [-0.1, -0.05) is 11.6 Å². The van der Waals surface area contributed by atoms with Crippen LogP contribution in [0.25, 0.3) is 0 Å². The average molecular weight is 427 g/mol. The minimum Gasteiger partial charge on any atom is -0.468 e. The molecular weight excluding hydrogens is 414 g/mol. The van der Waals surface area contributed by atoms with Crippen molar-refractivity contribution in [3.63, 3.8) is 0 Å². The number of amides is 1.